The van der Waals surface area contributed by atoms with Crippen molar-refractivity contribution in [1.29, 1.82) is 0 Å². The molecule has 0 unspecified atom stereocenters. The van der Waals surface area contributed by atoms with Gasteiger partial charge >= 0.3 is 0 Å². The predicted octanol–water partition coefficient (Wildman–Crippen LogP) is 11.3. The smallest absolute Gasteiger partial charge is 0.0358 e. The zero-order chi connectivity index (χ0) is 27.3. The molecule has 194 valence electrons. The Balaban J connectivity index is 1.40. The zero-order valence-electron chi connectivity index (χ0n) is 23.1. The van der Waals surface area contributed by atoms with E-state index in [0.29, 0.717) is 0 Å². The van der Waals surface area contributed by atoms with Crippen LogP contribution in [0.25, 0.3) is 55.6 Å². The van der Waals surface area contributed by atoms with Crippen LogP contribution >= 0.6 is 11.3 Å². The molecule has 1 heterocycles. The number of thiophene rings is 1. The minimum atomic E-state index is -0.0233. The molecule has 1 heteroatoms. The summed E-state index contributed by atoms with van der Waals surface area (Å²) >= 11 is 1.96. The van der Waals surface area contributed by atoms with Crippen molar-refractivity contribution in [3.8, 4) is 33.4 Å². The summed E-state index contributed by atoms with van der Waals surface area (Å²) in [5, 5.41) is 1.38. The highest BCUT2D eigenvalue weighted by molar-refractivity contribution is 7.19. The molecule has 0 radical (unpaired) electrons. The molecule has 4 aromatic carbocycles. The SMILES string of the molecule is C=C/C=C\C=C/c1ccc(-c2cc3sc4c(c3cc2-c2ccc3c(c2)C(C)(C)c2ccccc2-3)C=CCC4)cc1. The van der Waals surface area contributed by atoms with E-state index in [2.05, 4.69) is 124 Å². The van der Waals surface area contributed by atoms with Crippen LogP contribution in [0.4, 0.5) is 0 Å². The first-order valence-corrected chi connectivity index (χ1v) is 14.9. The molecule has 0 N–H and O–H groups in total. The fraction of sp³-hybridized carbons (Fsp3) is 0.128. The molecule has 5 aromatic rings. The first kappa shape index (κ1) is 24.8. The average molecular weight is 533 g/mol. The minimum Gasteiger partial charge on any atom is -0.140 e. The summed E-state index contributed by atoms with van der Waals surface area (Å²) in [6.07, 6.45) is 16.9. The van der Waals surface area contributed by atoms with Crippen LogP contribution in [0.3, 0.4) is 0 Å². The average Bonchev–Trinajstić information content (AvgIpc) is 3.46. The molecule has 0 bridgehead atoms. The van der Waals surface area contributed by atoms with Gasteiger partial charge in [-0.2, -0.15) is 0 Å². The monoisotopic (exact) mass is 532 g/mol. The Morgan fingerprint density at radius 3 is 2.38 bits per heavy atom. The first-order chi connectivity index (χ1) is 19.5. The second-order valence-electron chi connectivity index (χ2n) is 11.3. The third-order valence-electron chi connectivity index (χ3n) is 8.53. The Morgan fingerprint density at radius 1 is 0.750 bits per heavy atom. The van der Waals surface area contributed by atoms with E-state index in [4.69, 9.17) is 0 Å². The molecule has 0 nitrogen and oxygen atoms in total. The van der Waals surface area contributed by atoms with Gasteiger partial charge in [-0.1, -0.05) is 124 Å². The van der Waals surface area contributed by atoms with Crippen LogP contribution in [0, 0.1) is 0 Å². The van der Waals surface area contributed by atoms with E-state index in [1.165, 1.54) is 70.6 Å². The molecule has 2 aliphatic rings. The molecule has 0 saturated carbocycles. The van der Waals surface area contributed by atoms with Crippen LogP contribution in [0.15, 0.2) is 116 Å². The molecule has 0 amide bonds. The van der Waals surface area contributed by atoms with Gasteiger partial charge in [-0.25, -0.2) is 0 Å². The standard InChI is InChI=1S/C39H32S/c1-4-5-6-7-12-26-17-19-27(20-18-26)33-25-38-34(31-14-9-11-16-37(31)40-38)24-32(33)28-21-22-30-29-13-8-10-15-35(29)39(2,3)36(30)23-28/h4-10,12-15,17-25H,1,11,16H2,2-3H3/b6-5-,12-7-. The highest BCUT2D eigenvalue weighted by Gasteiger charge is 2.35. The molecule has 0 aliphatic heterocycles. The number of allylic oxidation sites excluding steroid dienone is 5. The zero-order valence-corrected chi connectivity index (χ0v) is 23.9. The van der Waals surface area contributed by atoms with Crippen LogP contribution in [0.1, 0.15) is 47.4 Å². The van der Waals surface area contributed by atoms with E-state index in [-0.39, 0.29) is 5.41 Å². The number of rotatable bonds is 5. The van der Waals surface area contributed by atoms with Gasteiger partial charge in [-0.3, -0.25) is 0 Å². The topological polar surface area (TPSA) is 0 Å². The number of hydrogen-bond donors (Lipinski definition) is 0. The lowest BCUT2D eigenvalue weighted by Crippen LogP contribution is -2.14. The molecule has 2 aliphatic carbocycles. The van der Waals surface area contributed by atoms with Gasteiger partial charge in [0.1, 0.15) is 0 Å². The largest absolute Gasteiger partial charge is 0.140 e. The lowest BCUT2D eigenvalue weighted by Gasteiger charge is -2.22. The van der Waals surface area contributed by atoms with Crippen LogP contribution in [-0.4, -0.2) is 0 Å². The molecule has 0 saturated heterocycles. The van der Waals surface area contributed by atoms with Gasteiger partial charge in [-0.15, -0.1) is 11.3 Å². The molecule has 0 spiro atoms. The highest BCUT2D eigenvalue weighted by atomic mass is 32.1. The molecular weight excluding hydrogens is 500 g/mol. The van der Waals surface area contributed by atoms with Gasteiger partial charge in [0.05, 0.1) is 0 Å². The Hall–Kier alpha value is -4.20. The van der Waals surface area contributed by atoms with Crippen molar-refractivity contribution in [1.82, 2.24) is 0 Å². The molecule has 0 atom stereocenters. The van der Waals surface area contributed by atoms with E-state index in [9.17, 15) is 0 Å². The number of hydrogen-bond acceptors (Lipinski definition) is 1. The maximum atomic E-state index is 3.74. The van der Waals surface area contributed by atoms with E-state index in [0.717, 1.165) is 12.8 Å². The Morgan fingerprint density at radius 2 is 1.52 bits per heavy atom. The van der Waals surface area contributed by atoms with Crippen molar-refractivity contribution in [2.45, 2.75) is 32.1 Å². The van der Waals surface area contributed by atoms with Crippen molar-refractivity contribution in [2.24, 2.45) is 0 Å². The van der Waals surface area contributed by atoms with Crippen molar-refractivity contribution in [3.05, 3.63) is 143 Å². The Labute approximate surface area is 241 Å². The Kier molecular flexibility index (Phi) is 6.06. The molecular formula is C39H32S. The van der Waals surface area contributed by atoms with E-state index in [1.807, 2.05) is 23.5 Å². The third-order valence-corrected chi connectivity index (χ3v) is 9.76. The van der Waals surface area contributed by atoms with E-state index < -0.39 is 0 Å². The summed E-state index contributed by atoms with van der Waals surface area (Å²) in [7, 11) is 0. The molecule has 40 heavy (non-hydrogen) atoms. The predicted molar refractivity (Wildman–Crippen MR) is 176 cm³/mol. The molecule has 0 fully saturated rings. The molecule has 1 aromatic heterocycles. The van der Waals surface area contributed by atoms with Crippen molar-refractivity contribution < 1.29 is 0 Å². The summed E-state index contributed by atoms with van der Waals surface area (Å²) < 4.78 is 1.38. The quantitative estimate of drug-likeness (QED) is 0.197. The van der Waals surface area contributed by atoms with Crippen LogP contribution < -0.4 is 0 Å². The maximum Gasteiger partial charge on any atom is 0.0358 e. The van der Waals surface area contributed by atoms with Crippen LogP contribution in [0.5, 0.6) is 0 Å². The normalized spacial score (nSPS) is 15.1. The maximum absolute atomic E-state index is 3.74. The lowest BCUT2D eigenvalue weighted by molar-refractivity contribution is 0.660. The van der Waals surface area contributed by atoms with Gasteiger partial charge in [0, 0.05) is 20.4 Å². The minimum absolute atomic E-state index is 0.0233. The van der Waals surface area contributed by atoms with Gasteiger partial charge in [-0.05, 0) is 86.7 Å². The summed E-state index contributed by atoms with van der Waals surface area (Å²) in [5.41, 5.74) is 13.3. The fourth-order valence-electron chi connectivity index (χ4n) is 6.43. The van der Waals surface area contributed by atoms with Crippen molar-refractivity contribution in [2.75, 3.05) is 0 Å². The van der Waals surface area contributed by atoms with Gasteiger partial charge in [0.2, 0.25) is 0 Å². The summed E-state index contributed by atoms with van der Waals surface area (Å²) in [4.78, 5) is 1.51. The lowest BCUT2D eigenvalue weighted by atomic mass is 9.81. The highest BCUT2D eigenvalue weighted by Crippen LogP contribution is 2.50. The summed E-state index contributed by atoms with van der Waals surface area (Å²) in [5.74, 6) is 0. The number of aryl methyl sites for hydroxylation is 1. The van der Waals surface area contributed by atoms with Crippen molar-refractivity contribution in [3.63, 3.8) is 0 Å². The molecule has 7 rings (SSSR count). The summed E-state index contributed by atoms with van der Waals surface area (Å²) in [6, 6.07) is 29.9. The van der Waals surface area contributed by atoms with Crippen LogP contribution in [-0.2, 0) is 11.8 Å². The van der Waals surface area contributed by atoms with Crippen molar-refractivity contribution >= 4 is 33.6 Å². The van der Waals surface area contributed by atoms with Gasteiger partial charge in [0.15, 0.2) is 0 Å². The van der Waals surface area contributed by atoms with E-state index in [1.54, 1.807) is 6.08 Å². The first-order valence-electron chi connectivity index (χ1n) is 14.1. The van der Waals surface area contributed by atoms with Gasteiger partial charge < -0.3 is 0 Å². The number of fused-ring (bicyclic) bond motifs is 6. The Bertz CT molecular complexity index is 1870. The fourth-order valence-corrected chi connectivity index (χ4v) is 7.66. The third kappa shape index (κ3) is 4.05. The number of benzene rings is 4. The second-order valence-corrected chi connectivity index (χ2v) is 12.4. The second kappa shape index (κ2) is 9.77. The van der Waals surface area contributed by atoms with Gasteiger partial charge in [0.25, 0.3) is 0 Å². The van der Waals surface area contributed by atoms with E-state index >= 15 is 0 Å². The van der Waals surface area contributed by atoms with Crippen LogP contribution in [0.2, 0.25) is 0 Å². The summed E-state index contributed by atoms with van der Waals surface area (Å²) in [6.45, 7) is 8.47.